The second-order valence-corrected chi connectivity index (χ2v) is 4.37. The largest absolute Gasteiger partial charge is 0.252 e. The van der Waals surface area contributed by atoms with E-state index in [4.69, 9.17) is 11.6 Å². The molecule has 0 aliphatic carbocycles. The van der Waals surface area contributed by atoms with Gasteiger partial charge in [0.15, 0.2) is 5.82 Å². The second kappa shape index (κ2) is 4.24. The highest BCUT2D eigenvalue weighted by Crippen LogP contribution is 2.24. The van der Waals surface area contributed by atoms with Crippen LogP contribution in [0.5, 0.6) is 0 Å². The number of aromatic nitrogens is 3. The van der Waals surface area contributed by atoms with Crippen molar-refractivity contribution in [2.45, 2.75) is 20.3 Å². The summed E-state index contributed by atoms with van der Waals surface area (Å²) in [4.78, 5) is 13.7. The number of thiazole rings is 1. The smallest absolute Gasteiger partial charge is 0.172 e. The first-order valence-corrected chi connectivity index (χ1v) is 5.90. The van der Waals surface area contributed by atoms with Gasteiger partial charge in [-0.2, -0.15) is 0 Å². The van der Waals surface area contributed by atoms with E-state index in [0.29, 0.717) is 11.0 Å². The molecule has 0 saturated heterocycles. The third-order valence-corrected chi connectivity index (χ3v) is 3.31. The summed E-state index contributed by atoms with van der Waals surface area (Å²) in [6, 6.07) is 0. The van der Waals surface area contributed by atoms with Gasteiger partial charge in [-0.25, -0.2) is 9.97 Å². The van der Waals surface area contributed by atoms with Gasteiger partial charge in [0.25, 0.3) is 0 Å². The van der Waals surface area contributed by atoms with Crippen LogP contribution >= 0.6 is 22.9 Å². The fourth-order valence-electron chi connectivity index (χ4n) is 1.31. The minimum Gasteiger partial charge on any atom is -0.252 e. The van der Waals surface area contributed by atoms with E-state index in [0.717, 1.165) is 22.6 Å². The SMILES string of the molecule is CCc1nc(-c2cncs2)nc(Cl)c1C. The van der Waals surface area contributed by atoms with Crippen molar-refractivity contribution in [2.24, 2.45) is 0 Å². The monoisotopic (exact) mass is 239 g/mol. The van der Waals surface area contributed by atoms with Crippen molar-refractivity contribution in [1.29, 1.82) is 0 Å². The van der Waals surface area contributed by atoms with E-state index in [1.165, 1.54) is 11.3 Å². The minimum absolute atomic E-state index is 0.533. The average Bonchev–Trinajstić information content (AvgIpc) is 2.75. The Morgan fingerprint density at radius 3 is 2.80 bits per heavy atom. The quantitative estimate of drug-likeness (QED) is 0.756. The van der Waals surface area contributed by atoms with Crippen molar-refractivity contribution < 1.29 is 0 Å². The van der Waals surface area contributed by atoms with Gasteiger partial charge < -0.3 is 0 Å². The Kier molecular flexibility index (Phi) is 2.98. The first-order chi connectivity index (χ1) is 7.22. The molecule has 0 amide bonds. The summed E-state index contributed by atoms with van der Waals surface area (Å²) in [7, 11) is 0. The van der Waals surface area contributed by atoms with Crippen LogP contribution in [0.2, 0.25) is 5.15 Å². The zero-order chi connectivity index (χ0) is 10.8. The molecule has 0 N–H and O–H groups in total. The van der Waals surface area contributed by atoms with Crippen LogP contribution in [0, 0.1) is 6.92 Å². The van der Waals surface area contributed by atoms with Gasteiger partial charge in [0.2, 0.25) is 0 Å². The summed E-state index contributed by atoms with van der Waals surface area (Å²) < 4.78 is 0. The van der Waals surface area contributed by atoms with Crippen molar-refractivity contribution in [1.82, 2.24) is 15.0 Å². The average molecular weight is 240 g/mol. The van der Waals surface area contributed by atoms with Gasteiger partial charge in [-0.05, 0) is 13.3 Å². The lowest BCUT2D eigenvalue weighted by molar-refractivity contribution is 0.978. The zero-order valence-electron chi connectivity index (χ0n) is 8.49. The van der Waals surface area contributed by atoms with Gasteiger partial charge in [-0.1, -0.05) is 18.5 Å². The molecule has 2 aromatic rings. The van der Waals surface area contributed by atoms with Crippen LogP contribution in [0.25, 0.3) is 10.7 Å². The summed E-state index contributed by atoms with van der Waals surface area (Å²) in [6.07, 6.45) is 2.62. The van der Waals surface area contributed by atoms with Gasteiger partial charge in [0.05, 0.1) is 10.4 Å². The van der Waals surface area contributed by atoms with Gasteiger partial charge in [-0.15, -0.1) is 11.3 Å². The van der Waals surface area contributed by atoms with Crippen LogP contribution in [0.15, 0.2) is 11.7 Å². The van der Waals surface area contributed by atoms with Crippen molar-refractivity contribution in [3.63, 3.8) is 0 Å². The highest BCUT2D eigenvalue weighted by molar-refractivity contribution is 7.13. The molecular formula is C10H10ClN3S. The molecule has 5 heteroatoms. The molecule has 3 nitrogen and oxygen atoms in total. The molecule has 0 atom stereocenters. The van der Waals surface area contributed by atoms with E-state index < -0.39 is 0 Å². The molecule has 0 fully saturated rings. The Hall–Kier alpha value is -1.00. The fourth-order valence-corrected chi connectivity index (χ4v) is 2.06. The maximum Gasteiger partial charge on any atom is 0.172 e. The molecule has 0 aromatic carbocycles. The van der Waals surface area contributed by atoms with Crippen LogP contribution in [-0.4, -0.2) is 15.0 Å². The highest BCUT2D eigenvalue weighted by Gasteiger charge is 2.10. The lowest BCUT2D eigenvalue weighted by atomic mass is 10.2. The lowest BCUT2D eigenvalue weighted by Gasteiger charge is -2.05. The molecule has 2 heterocycles. The number of rotatable bonds is 2. The van der Waals surface area contributed by atoms with E-state index in [1.807, 2.05) is 6.92 Å². The third kappa shape index (κ3) is 2.01. The Morgan fingerprint density at radius 1 is 1.40 bits per heavy atom. The molecule has 0 unspecified atom stereocenters. The minimum atomic E-state index is 0.533. The van der Waals surface area contributed by atoms with E-state index >= 15 is 0 Å². The summed E-state index contributed by atoms with van der Waals surface area (Å²) in [6.45, 7) is 4.00. The van der Waals surface area contributed by atoms with Crippen molar-refractivity contribution in [2.75, 3.05) is 0 Å². The molecule has 0 radical (unpaired) electrons. The topological polar surface area (TPSA) is 38.7 Å². The zero-order valence-corrected chi connectivity index (χ0v) is 10.1. The Morgan fingerprint density at radius 2 is 2.20 bits per heavy atom. The van der Waals surface area contributed by atoms with Crippen LogP contribution < -0.4 is 0 Å². The van der Waals surface area contributed by atoms with Gasteiger partial charge in [0, 0.05) is 17.5 Å². The van der Waals surface area contributed by atoms with E-state index in [9.17, 15) is 0 Å². The first-order valence-electron chi connectivity index (χ1n) is 4.64. The van der Waals surface area contributed by atoms with E-state index in [2.05, 4.69) is 21.9 Å². The van der Waals surface area contributed by atoms with Gasteiger partial charge in [0.1, 0.15) is 5.15 Å². The van der Waals surface area contributed by atoms with Crippen LogP contribution in [0.4, 0.5) is 0 Å². The predicted molar refractivity (Wildman–Crippen MR) is 62.3 cm³/mol. The van der Waals surface area contributed by atoms with Crippen LogP contribution in [0.3, 0.4) is 0 Å². The lowest BCUT2D eigenvalue weighted by Crippen LogP contribution is -1.98. The second-order valence-electron chi connectivity index (χ2n) is 3.13. The maximum atomic E-state index is 6.05. The summed E-state index contributed by atoms with van der Waals surface area (Å²) >= 11 is 7.56. The number of hydrogen-bond acceptors (Lipinski definition) is 4. The van der Waals surface area contributed by atoms with Crippen LogP contribution in [-0.2, 0) is 6.42 Å². The molecule has 78 valence electrons. The summed E-state index contributed by atoms with van der Waals surface area (Å²) in [5.41, 5.74) is 3.73. The highest BCUT2D eigenvalue weighted by atomic mass is 35.5. The first kappa shape index (κ1) is 10.5. The summed E-state index contributed by atoms with van der Waals surface area (Å²) in [5.74, 6) is 0.671. The normalized spacial score (nSPS) is 10.6. The van der Waals surface area contributed by atoms with Gasteiger partial charge >= 0.3 is 0 Å². The van der Waals surface area contributed by atoms with Gasteiger partial charge in [-0.3, -0.25) is 4.98 Å². The Labute approximate surface area is 97.2 Å². The molecule has 15 heavy (non-hydrogen) atoms. The number of hydrogen-bond donors (Lipinski definition) is 0. The molecular weight excluding hydrogens is 230 g/mol. The van der Waals surface area contributed by atoms with E-state index in [-0.39, 0.29) is 0 Å². The predicted octanol–water partition coefficient (Wildman–Crippen LogP) is 3.12. The number of nitrogens with zero attached hydrogens (tertiary/aromatic N) is 3. The molecule has 0 bridgehead atoms. The van der Waals surface area contributed by atoms with Crippen molar-refractivity contribution >= 4 is 22.9 Å². The molecule has 0 spiro atoms. The van der Waals surface area contributed by atoms with E-state index in [1.54, 1.807) is 11.7 Å². The fraction of sp³-hybridized carbons (Fsp3) is 0.300. The maximum absolute atomic E-state index is 6.05. The molecule has 0 aliphatic heterocycles. The molecule has 0 aliphatic rings. The Balaban J connectivity index is 2.55. The van der Waals surface area contributed by atoms with Crippen molar-refractivity contribution in [3.8, 4) is 10.7 Å². The molecule has 2 aromatic heterocycles. The number of halogens is 1. The van der Waals surface area contributed by atoms with Crippen molar-refractivity contribution in [3.05, 3.63) is 28.1 Å². The standard InChI is InChI=1S/C10H10ClN3S/c1-3-7-6(2)9(11)14-10(13-7)8-4-12-5-15-8/h4-5H,3H2,1-2H3. The molecule has 2 rings (SSSR count). The summed E-state index contributed by atoms with van der Waals surface area (Å²) in [5, 5.41) is 0.533. The molecule has 0 saturated carbocycles. The Bertz CT molecular complexity index is 468. The number of aryl methyl sites for hydroxylation is 1. The van der Waals surface area contributed by atoms with Crippen LogP contribution in [0.1, 0.15) is 18.2 Å². The third-order valence-electron chi connectivity index (χ3n) is 2.17.